The Kier molecular flexibility index (Phi) is 5.26. The molecular formula is C16H17N3O2S. The smallest absolute Gasteiger partial charge is 0.327 e. The Labute approximate surface area is 133 Å². The quantitative estimate of drug-likeness (QED) is 0.794. The first kappa shape index (κ1) is 16.1. The zero-order chi connectivity index (χ0) is 16.1. The van der Waals surface area contributed by atoms with E-state index in [4.69, 9.17) is 10.00 Å². The molecule has 0 aliphatic rings. The number of hydrogen-bond donors (Lipinski definition) is 0. The van der Waals surface area contributed by atoms with Gasteiger partial charge in [-0.15, -0.1) is 11.3 Å². The van der Waals surface area contributed by atoms with Crippen LogP contribution >= 0.6 is 11.3 Å². The molecule has 1 unspecified atom stereocenters. The Balaban J connectivity index is 2.29. The van der Waals surface area contributed by atoms with Crippen LogP contribution in [0.1, 0.15) is 27.9 Å². The van der Waals surface area contributed by atoms with Crippen molar-refractivity contribution in [3.8, 4) is 6.07 Å². The van der Waals surface area contributed by atoms with Crippen LogP contribution in [0.25, 0.3) is 0 Å². The van der Waals surface area contributed by atoms with E-state index in [1.807, 2.05) is 30.3 Å². The molecule has 0 saturated carbocycles. The van der Waals surface area contributed by atoms with Crippen molar-refractivity contribution in [3.63, 3.8) is 0 Å². The molecule has 0 aliphatic heterocycles. The second kappa shape index (κ2) is 7.16. The molecule has 5 nitrogen and oxygen atoms in total. The van der Waals surface area contributed by atoms with Gasteiger partial charge in [0.2, 0.25) is 0 Å². The van der Waals surface area contributed by atoms with Crippen LogP contribution in [-0.4, -0.2) is 30.0 Å². The fourth-order valence-corrected chi connectivity index (χ4v) is 3.07. The summed E-state index contributed by atoms with van der Waals surface area (Å²) in [6.45, 7) is 2.48. The third-order valence-electron chi connectivity index (χ3n) is 3.25. The lowest BCUT2D eigenvalue weighted by Gasteiger charge is -2.25. The molecule has 1 atom stereocenters. The number of nitriles is 1. The van der Waals surface area contributed by atoms with Crippen LogP contribution in [0.4, 0.5) is 0 Å². The van der Waals surface area contributed by atoms with Crippen LogP contribution in [0.15, 0.2) is 29.6 Å². The first-order chi connectivity index (χ1) is 10.5. The molecule has 22 heavy (non-hydrogen) atoms. The van der Waals surface area contributed by atoms with Crippen molar-refractivity contribution in [2.75, 3.05) is 14.2 Å². The number of aryl methyl sites for hydroxylation is 1. The summed E-state index contributed by atoms with van der Waals surface area (Å²) >= 11 is 1.56. The van der Waals surface area contributed by atoms with Gasteiger partial charge in [0, 0.05) is 11.1 Å². The first-order valence-corrected chi connectivity index (χ1v) is 7.62. The number of carbonyl (C=O) groups is 1. The SMILES string of the molecule is COC(=O)C(c1cccc(C#N)c1)N(C)Cc1nc(C)cs1. The highest BCUT2D eigenvalue weighted by Gasteiger charge is 2.27. The van der Waals surface area contributed by atoms with Crippen LogP contribution in [0.5, 0.6) is 0 Å². The maximum Gasteiger partial charge on any atom is 0.327 e. The number of methoxy groups -OCH3 is 1. The summed E-state index contributed by atoms with van der Waals surface area (Å²) in [5, 5.41) is 11.9. The van der Waals surface area contributed by atoms with E-state index >= 15 is 0 Å². The second-order valence-corrected chi connectivity index (χ2v) is 5.90. The highest BCUT2D eigenvalue weighted by molar-refractivity contribution is 7.09. The lowest BCUT2D eigenvalue weighted by molar-refractivity contribution is -0.147. The van der Waals surface area contributed by atoms with E-state index in [0.29, 0.717) is 12.1 Å². The van der Waals surface area contributed by atoms with Gasteiger partial charge in [-0.2, -0.15) is 5.26 Å². The molecule has 0 fully saturated rings. The minimum absolute atomic E-state index is 0.356. The van der Waals surface area contributed by atoms with E-state index in [1.165, 1.54) is 7.11 Å². The summed E-state index contributed by atoms with van der Waals surface area (Å²) in [7, 11) is 3.21. The molecule has 1 aromatic heterocycles. The lowest BCUT2D eigenvalue weighted by Crippen LogP contribution is -2.31. The van der Waals surface area contributed by atoms with Crippen molar-refractivity contribution >= 4 is 17.3 Å². The Morgan fingerprint density at radius 2 is 2.32 bits per heavy atom. The van der Waals surface area contributed by atoms with E-state index in [-0.39, 0.29) is 5.97 Å². The maximum absolute atomic E-state index is 12.2. The summed E-state index contributed by atoms with van der Waals surface area (Å²) in [6.07, 6.45) is 0. The predicted molar refractivity (Wildman–Crippen MR) is 84.2 cm³/mol. The highest BCUT2D eigenvalue weighted by atomic mass is 32.1. The fraction of sp³-hybridized carbons (Fsp3) is 0.312. The van der Waals surface area contributed by atoms with E-state index in [0.717, 1.165) is 16.3 Å². The third kappa shape index (κ3) is 3.70. The number of benzene rings is 1. The lowest BCUT2D eigenvalue weighted by atomic mass is 10.0. The molecule has 0 bridgehead atoms. The molecule has 0 amide bonds. The molecule has 0 N–H and O–H groups in total. The summed E-state index contributed by atoms with van der Waals surface area (Å²) in [5.74, 6) is -0.356. The topological polar surface area (TPSA) is 66.2 Å². The highest BCUT2D eigenvalue weighted by Crippen LogP contribution is 2.24. The average molecular weight is 315 g/mol. The van der Waals surface area contributed by atoms with Gasteiger partial charge >= 0.3 is 5.97 Å². The molecule has 0 saturated heterocycles. The molecule has 1 heterocycles. The molecular weight excluding hydrogens is 298 g/mol. The Bertz CT molecular complexity index is 705. The Hall–Kier alpha value is -2.23. The molecule has 114 valence electrons. The summed E-state index contributed by atoms with van der Waals surface area (Å²) in [6, 6.07) is 8.54. The van der Waals surface area contributed by atoms with Gasteiger partial charge in [0.25, 0.3) is 0 Å². The van der Waals surface area contributed by atoms with Gasteiger partial charge in [0.1, 0.15) is 11.0 Å². The van der Waals surface area contributed by atoms with Gasteiger partial charge in [0.15, 0.2) is 0 Å². The predicted octanol–water partition coefficient (Wildman–Crippen LogP) is 2.67. The molecule has 2 rings (SSSR count). The van der Waals surface area contributed by atoms with Crippen LogP contribution in [0.2, 0.25) is 0 Å². The average Bonchev–Trinajstić information content (AvgIpc) is 2.92. The van der Waals surface area contributed by atoms with Crippen molar-refractivity contribution in [1.82, 2.24) is 9.88 Å². The van der Waals surface area contributed by atoms with E-state index in [2.05, 4.69) is 11.1 Å². The van der Waals surface area contributed by atoms with Gasteiger partial charge in [-0.3, -0.25) is 4.90 Å². The van der Waals surface area contributed by atoms with E-state index in [9.17, 15) is 4.79 Å². The number of esters is 1. The molecule has 0 spiro atoms. The summed E-state index contributed by atoms with van der Waals surface area (Å²) < 4.78 is 4.92. The van der Waals surface area contributed by atoms with Crippen molar-refractivity contribution in [2.24, 2.45) is 0 Å². The van der Waals surface area contributed by atoms with Crippen molar-refractivity contribution in [2.45, 2.75) is 19.5 Å². The third-order valence-corrected chi connectivity index (χ3v) is 4.20. The minimum atomic E-state index is -0.567. The maximum atomic E-state index is 12.2. The minimum Gasteiger partial charge on any atom is -0.468 e. The standard InChI is InChI=1S/C16H17N3O2S/c1-11-10-22-14(18-11)9-19(2)15(16(20)21-3)13-6-4-5-12(7-13)8-17/h4-7,10,15H,9H2,1-3H3. The number of aromatic nitrogens is 1. The fourth-order valence-electron chi connectivity index (χ4n) is 2.24. The van der Waals surface area contributed by atoms with Crippen LogP contribution in [0.3, 0.4) is 0 Å². The van der Waals surface area contributed by atoms with Crippen molar-refractivity contribution in [3.05, 3.63) is 51.5 Å². The largest absolute Gasteiger partial charge is 0.468 e. The van der Waals surface area contributed by atoms with Gasteiger partial charge in [-0.05, 0) is 31.7 Å². The van der Waals surface area contributed by atoms with Gasteiger partial charge in [-0.25, -0.2) is 9.78 Å². The first-order valence-electron chi connectivity index (χ1n) is 6.74. The number of carbonyl (C=O) groups excluding carboxylic acids is 1. The van der Waals surface area contributed by atoms with Crippen molar-refractivity contribution < 1.29 is 9.53 Å². The normalized spacial score (nSPS) is 12.0. The molecule has 1 aromatic carbocycles. The van der Waals surface area contributed by atoms with Crippen LogP contribution < -0.4 is 0 Å². The Morgan fingerprint density at radius 3 is 2.91 bits per heavy atom. The molecule has 2 aromatic rings. The number of thiazole rings is 1. The zero-order valence-corrected chi connectivity index (χ0v) is 13.6. The number of nitrogens with zero attached hydrogens (tertiary/aromatic N) is 3. The van der Waals surface area contributed by atoms with Crippen LogP contribution in [0, 0.1) is 18.3 Å². The molecule has 6 heteroatoms. The number of ether oxygens (including phenoxy) is 1. The monoisotopic (exact) mass is 315 g/mol. The van der Waals surface area contributed by atoms with E-state index in [1.54, 1.807) is 29.5 Å². The molecule has 0 radical (unpaired) electrons. The number of likely N-dealkylation sites (N-methyl/N-ethyl adjacent to an activating group) is 1. The second-order valence-electron chi connectivity index (χ2n) is 4.96. The summed E-state index contributed by atoms with van der Waals surface area (Å²) in [4.78, 5) is 18.5. The van der Waals surface area contributed by atoms with Crippen molar-refractivity contribution in [1.29, 1.82) is 5.26 Å². The van der Waals surface area contributed by atoms with Gasteiger partial charge in [-0.1, -0.05) is 12.1 Å². The van der Waals surface area contributed by atoms with E-state index < -0.39 is 6.04 Å². The zero-order valence-electron chi connectivity index (χ0n) is 12.7. The number of rotatable bonds is 5. The number of hydrogen-bond acceptors (Lipinski definition) is 6. The van der Waals surface area contributed by atoms with Gasteiger partial charge < -0.3 is 4.74 Å². The molecule has 0 aliphatic carbocycles. The Morgan fingerprint density at radius 1 is 1.55 bits per heavy atom. The summed E-state index contributed by atoms with van der Waals surface area (Å²) in [5.41, 5.74) is 2.22. The van der Waals surface area contributed by atoms with Gasteiger partial charge in [0.05, 0.1) is 25.3 Å². The van der Waals surface area contributed by atoms with Crippen LogP contribution in [-0.2, 0) is 16.1 Å².